The third kappa shape index (κ3) is 5.47. The van der Waals surface area contributed by atoms with Gasteiger partial charge in [0, 0.05) is 31.3 Å². The number of methoxy groups -OCH3 is 1. The van der Waals surface area contributed by atoms with Gasteiger partial charge in [-0.2, -0.15) is 0 Å². The highest BCUT2D eigenvalue weighted by molar-refractivity contribution is 5.28. The van der Waals surface area contributed by atoms with E-state index in [1.54, 1.807) is 12.1 Å². The average Bonchev–Trinajstić information content (AvgIpc) is 2.39. The van der Waals surface area contributed by atoms with Gasteiger partial charge in [-0.3, -0.25) is 0 Å². The number of rotatable bonds is 9. The number of hydrogen-bond donors (Lipinski definition) is 1. The van der Waals surface area contributed by atoms with Crippen LogP contribution in [-0.4, -0.2) is 26.9 Å². The van der Waals surface area contributed by atoms with Crippen molar-refractivity contribution in [3.63, 3.8) is 0 Å². The molecule has 1 N–H and O–H groups in total. The van der Waals surface area contributed by atoms with Gasteiger partial charge < -0.3 is 14.8 Å². The molecule has 0 amide bonds. The summed E-state index contributed by atoms with van der Waals surface area (Å²) in [5, 5.41) is 3.15. The maximum absolute atomic E-state index is 13.6. The second kappa shape index (κ2) is 8.89. The molecule has 0 unspecified atom stereocenters. The zero-order valence-electron chi connectivity index (χ0n) is 11.2. The van der Waals surface area contributed by atoms with Crippen LogP contribution < -0.4 is 10.1 Å². The Morgan fingerprint density at radius 1 is 1.28 bits per heavy atom. The lowest BCUT2D eigenvalue weighted by molar-refractivity contribution is 0.133. The van der Waals surface area contributed by atoms with Crippen molar-refractivity contribution in [3.05, 3.63) is 29.6 Å². The van der Waals surface area contributed by atoms with E-state index in [0.29, 0.717) is 24.5 Å². The van der Waals surface area contributed by atoms with Gasteiger partial charge in [0.1, 0.15) is 11.6 Å². The number of halogens is 1. The van der Waals surface area contributed by atoms with Crippen molar-refractivity contribution in [1.82, 2.24) is 5.32 Å². The van der Waals surface area contributed by atoms with Crippen LogP contribution in [0.2, 0.25) is 0 Å². The van der Waals surface area contributed by atoms with Crippen LogP contribution in [-0.2, 0) is 11.3 Å². The second-order valence-corrected chi connectivity index (χ2v) is 4.10. The Balaban J connectivity index is 2.19. The molecule has 1 rings (SSSR count). The highest BCUT2D eigenvalue weighted by Crippen LogP contribution is 2.15. The third-order valence-electron chi connectivity index (χ3n) is 2.64. The van der Waals surface area contributed by atoms with Gasteiger partial charge in [-0.1, -0.05) is 19.4 Å². The van der Waals surface area contributed by atoms with E-state index >= 15 is 0 Å². The maximum Gasteiger partial charge on any atom is 0.131 e. The largest absolute Gasteiger partial charge is 0.497 e. The van der Waals surface area contributed by atoms with Gasteiger partial charge >= 0.3 is 0 Å². The smallest absolute Gasteiger partial charge is 0.131 e. The fourth-order valence-corrected chi connectivity index (χ4v) is 1.51. The SMILES string of the molecule is CCCCOCCNCc1ccc(OC)cc1F. The van der Waals surface area contributed by atoms with Crippen LogP contribution in [0.4, 0.5) is 4.39 Å². The summed E-state index contributed by atoms with van der Waals surface area (Å²) in [4.78, 5) is 0. The number of nitrogens with one attached hydrogen (secondary N) is 1. The van der Waals surface area contributed by atoms with Gasteiger partial charge in [0.25, 0.3) is 0 Å². The molecule has 0 aliphatic rings. The molecular formula is C14H22FNO2. The third-order valence-corrected chi connectivity index (χ3v) is 2.64. The fourth-order valence-electron chi connectivity index (χ4n) is 1.51. The first-order chi connectivity index (χ1) is 8.77. The average molecular weight is 255 g/mol. The molecule has 0 spiro atoms. The Morgan fingerprint density at radius 3 is 2.78 bits per heavy atom. The normalized spacial score (nSPS) is 10.6. The highest BCUT2D eigenvalue weighted by atomic mass is 19.1. The predicted octanol–water partition coefficient (Wildman–Crippen LogP) is 2.74. The molecule has 0 aliphatic heterocycles. The monoisotopic (exact) mass is 255 g/mol. The van der Waals surface area contributed by atoms with Crippen molar-refractivity contribution >= 4 is 0 Å². The lowest BCUT2D eigenvalue weighted by atomic mass is 10.2. The van der Waals surface area contributed by atoms with Crippen molar-refractivity contribution < 1.29 is 13.9 Å². The lowest BCUT2D eigenvalue weighted by Gasteiger charge is -2.08. The van der Waals surface area contributed by atoms with Gasteiger partial charge in [0.2, 0.25) is 0 Å². The maximum atomic E-state index is 13.6. The van der Waals surface area contributed by atoms with Crippen molar-refractivity contribution in [1.29, 1.82) is 0 Å². The van der Waals surface area contributed by atoms with E-state index in [9.17, 15) is 4.39 Å². The summed E-state index contributed by atoms with van der Waals surface area (Å²) in [6, 6.07) is 4.89. The van der Waals surface area contributed by atoms with Gasteiger partial charge in [-0.15, -0.1) is 0 Å². The van der Waals surface area contributed by atoms with Crippen LogP contribution >= 0.6 is 0 Å². The van der Waals surface area contributed by atoms with Gasteiger partial charge in [-0.05, 0) is 12.5 Å². The second-order valence-electron chi connectivity index (χ2n) is 4.10. The number of hydrogen-bond acceptors (Lipinski definition) is 3. The zero-order valence-corrected chi connectivity index (χ0v) is 11.2. The minimum atomic E-state index is -0.242. The lowest BCUT2D eigenvalue weighted by Crippen LogP contribution is -2.20. The van der Waals surface area contributed by atoms with Crippen molar-refractivity contribution in [2.45, 2.75) is 26.3 Å². The Bertz CT molecular complexity index is 345. The molecule has 0 heterocycles. The zero-order chi connectivity index (χ0) is 13.2. The molecule has 0 bridgehead atoms. The number of unbranched alkanes of at least 4 members (excludes halogenated alkanes) is 1. The summed E-state index contributed by atoms with van der Waals surface area (Å²) < 4.78 is 23.9. The molecular weight excluding hydrogens is 233 g/mol. The molecule has 1 aromatic carbocycles. The van der Waals surface area contributed by atoms with Crippen LogP contribution in [0.3, 0.4) is 0 Å². The Hall–Kier alpha value is -1.13. The number of ether oxygens (including phenoxy) is 2. The van der Waals surface area contributed by atoms with Crippen LogP contribution in [0.25, 0.3) is 0 Å². The Morgan fingerprint density at radius 2 is 2.11 bits per heavy atom. The molecule has 1 aromatic rings. The fraction of sp³-hybridized carbons (Fsp3) is 0.571. The molecule has 0 radical (unpaired) electrons. The minimum Gasteiger partial charge on any atom is -0.497 e. The first kappa shape index (κ1) is 14.9. The molecule has 3 nitrogen and oxygen atoms in total. The van der Waals surface area contributed by atoms with E-state index in [2.05, 4.69) is 12.2 Å². The standard InChI is InChI=1S/C14H22FNO2/c1-3-4-8-18-9-7-16-11-12-5-6-13(17-2)10-14(12)15/h5-6,10,16H,3-4,7-9,11H2,1-2H3. The number of benzene rings is 1. The highest BCUT2D eigenvalue weighted by Gasteiger charge is 2.03. The quantitative estimate of drug-likeness (QED) is 0.688. The summed E-state index contributed by atoms with van der Waals surface area (Å²) in [5.74, 6) is 0.299. The van der Waals surface area contributed by atoms with E-state index in [0.717, 1.165) is 26.0 Å². The molecule has 102 valence electrons. The predicted molar refractivity (Wildman–Crippen MR) is 70.4 cm³/mol. The minimum absolute atomic E-state index is 0.242. The molecule has 0 saturated heterocycles. The summed E-state index contributed by atoms with van der Waals surface area (Å²) >= 11 is 0. The topological polar surface area (TPSA) is 30.5 Å². The van der Waals surface area contributed by atoms with Gasteiger partial charge in [-0.25, -0.2) is 4.39 Å². The molecule has 4 heteroatoms. The molecule has 0 saturated carbocycles. The van der Waals surface area contributed by atoms with Crippen molar-refractivity contribution in [2.75, 3.05) is 26.9 Å². The van der Waals surface area contributed by atoms with E-state index < -0.39 is 0 Å². The van der Waals surface area contributed by atoms with Crippen molar-refractivity contribution in [3.8, 4) is 5.75 Å². The first-order valence-electron chi connectivity index (χ1n) is 6.38. The van der Waals surface area contributed by atoms with E-state index in [1.807, 2.05) is 0 Å². The van der Waals surface area contributed by atoms with Crippen LogP contribution in [0.5, 0.6) is 5.75 Å². The summed E-state index contributed by atoms with van der Waals surface area (Å²) in [7, 11) is 1.53. The van der Waals surface area contributed by atoms with Gasteiger partial charge in [0.15, 0.2) is 0 Å². The van der Waals surface area contributed by atoms with Crippen molar-refractivity contribution in [2.24, 2.45) is 0 Å². The van der Waals surface area contributed by atoms with Crippen LogP contribution in [0, 0.1) is 5.82 Å². The van der Waals surface area contributed by atoms with Gasteiger partial charge in [0.05, 0.1) is 13.7 Å². The molecule has 0 atom stereocenters. The van der Waals surface area contributed by atoms with E-state index in [-0.39, 0.29) is 5.82 Å². The Kier molecular flexibility index (Phi) is 7.37. The molecule has 0 aromatic heterocycles. The molecule has 18 heavy (non-hydrogen) atoms. The summed E-state index contributed by atoms with van der Waals surface area (Å²) in [6.07, 6.45) is 2.23. The van der Waals surface area contributed by atoms with E-state index in [4.69, 9.17) is 9.47 Å². The van der Waals surface area contributed by atoms with Crippen LogP contribution in [0.15, 0.2) is 18.2 Å². The van der Waals surface area contributed by atoms with Crippen LogP contribution in [0.1, 0.15) is 25.3 Å². The summed E-state index contributed by atoms with van der Waals surface area (Å²) in [6.45, 7) is 4.84. The Labute approximate surface area is 108 Å². The molecule has 0 fully saturated rings. The summed E-state index contributed by atoms with van der Waals surface area (Å²) in [5.41, 5.74) is 0.643. The van der Waals surface area contributed by atoms with E-state index in [1.165, 1.54) is 13.2 Å². The first-order valence-corrected chi connectivity index (χ1v) is 6.38. The molecule has 0 aliphatic carbocycles.